The zero-order valence-electron chi connectivity index (χ0n) is 10.8. The third-order valence-electron chi connectivity index (χ3n) is 2.59. The van der Waals surface area contributed by atoms with Crippen LogP contribution in [-0.2, 0) is 15.5 Å². The molecule has 0 aromatic heterocycles. The van der Waals surface area contributed by atoms with E-state index in [-0.39, 0.29) is 0 Å². The molecule has 158 valence electrons. The van der Waals surface area contributed by atoms with Crippen LogP contribution in [0.1, 0.15) is 0 Å². The van der Waals surface area contributed by atoms with Crippen molar-refractivity contribution < 1.29 is 78.8 Å². The molecular formula is C7HF15O3S. The molecule has 0 aliphatic carbocycles. The van der Waals surface area contributed by atoms with E-state index in [2.05, 4.69) is 0 Å². The van der Waals surface area contributed by atoms with Crippen LogP contribution in [-0.4, -0.2) is 50.7 Å². The van der Waals surface area contributed by atoms with E-state index in [0.717, 1.165) is 0 Å². The van der Waals surface area contributed by atoms with Gasteiger partial charge in [-0.15, -0.1) is 0 Å². The van der Waals surface area contributed by atoms with Crippen molar-refractivity contribution in [3.8, 4) is 0 Å². The van der Waals surface area contributed by atoms with Gasteiger partial charge >= 0.3 is 53.3 Å². The minimum atomic E-state index is -8.35. The van der Waals surface area contributed by atoms with Gasteiger partial charge in [0.1, 0.15) is 0 Å². The minimum Gasteiger partial charge on any atom is -0.284 e. The smallest absolute Gasteiger partial charge is 0.284 e. The number of hydrogen-bond acceptors (Lipinski definition) is 2. The largest absolute Gasteiger partial charge is 0.457 e. The van der Waals surface area contributed by atoms with Gasteiger partial charge in [-0.2, -0.15) is 70.1 Å². The molecule has 0 aliphatic rings. The Balaban J connectivity index is 7.53. The lowest BCUT2D eigenvalue weighted by molar-refractivity contribution is -0.479. The number of rotatable bonds is 5. The third kappa shape index (κ3) is 3.32. The lowest BCUT2D eigenvalue weighted by Gasteiger charge is -2.47. The van der Waals surface area contributed by atoms with E-state index in [9.17, 15) is 70.1 Å². The first kappa shape index (κ1) is 25.0. The van der Waals surface area contributed by atoms with Gasteiger partial charge in [-0.05, 0) is 0 Å². The second-order valence-corrected chi connectivity index (χ2v) is 4.80. The van der Waals surface area contributed by atoms with Crippen molar-refractivity contribution >= 4 is 11.4 Å². The molecular weight excluding hydrogens is 449 g/mol. The van der Waals surface area contributed by atoms with Crippen LogP contribution in [0.15, 0.2) is 0 Å². The number of halogens is 15. The van der Waals surface area contributed by atoms with E-state index >= 15 is 0 Å². The SMILES string of the molecule is O=S(O)OC(C(F)(F)C(F)(F)F)(C(F)(F)C(F)(F)F)C(F)(F)C(F)(F)F. The van der Waals surface area contributed by atoms with Crippen molar-refractivity contribution in [1.82, 2.24) is 0 Å². The molecule has 0 saturated carbocycles. The predicted molar refractivity (Wildman–Crippen MR) is 47.6 cm³/mol. The highest BCUT2D eigenvalue weighted by Crippen LogP contribution is 2.65. The summed E-state index contributed by atoms with van der Waals surface area (Å²) < 4.78 is 209. The Morgan fingerprint density at radius 3 is 0.846 bits per heavy atom. The van der Waals surface area contributed by atoms with Gasteiger partial charge in [0.2, 0.25) is 0 Å². The van der Waals surface area contributed by atoms with Crippen molar-refractivity contribution in [2.45, 2.75) is 41.9 Å². The summed E-state index contributed by atoms with van der Waals surface area (Å²) in [5.74, 6) is -25.1. The van der Waals surface area contributed by atoms with Crippen LogP contribution in [0, 0.1) is 0 Å². The molecule has 0 aromatic carbocycles. The fraction of sp³-hybridized carbons (Fsp3) is 1.00. The lowest BCUT2D eigenvalue weighted by atomic mass is 9.80. The standard InChI is InChI=1S/C7HF15O3S/c8-2(9,5(14,15)16)1(25-26(23)24,3(10,11)6(17,18)19)4(12,13)7(20,21)22/h(H,23,24). The molecule has 0 fully saturated rings. The van der Waals surface area contributed by atoms with E-state index in [1.54, 1.807) is 0 Å². The highest BCUT2D eigenvalue weighted by molar-refractivity contribution is 7.74. The van der Waals surface area contributed by atoms with Gasteiger partial charge in [0.25, 0.3) is 0 Å². The Labute approximate surface area is 133 Å². The molecule has 1 atom stereocenters. The molecule has 1 unspecified atom stereocenters. The normalized spacial score (nSPS) is 17.4. The van der Waals surface area contributed by atoms with Crippen LogP contribution in [0.2, 0.25) is 0 Å². The second kappa shape index (κ2) is 6.28. The van der Waals surface area contributed by atoms with Crippen molar-refractivity contribution in [3.63, 3.8) is 0 Å². The average Bonchev–Trinajstić information content (AvgIpc) is 2.30. The van der Waals surface area contributed by atoms with Gasteiger partial charge in [0.15, 0.2) is 0 Å². The van der Waals surface area contributed by atoms with Crippen LogP contribution < -0.4 is 0 Å². The highest BCUT2D eigenvalue weighted by atomic mass is 32.2. The molecule has 1 N–H and O–H groups in total. The van der Waals surface area contributed by atoms with Crippen LogP contribution in [0.5, 0.6) is 0 Å². The van der Waals surface area contributed by atoms with Gasteiger partial charge in [-0.3, -0.25) is 4.55 Å². The van der Waals surface area contributed by atoms with E-state index in [4.69, 9.17) is 4.55 Å². The zero-order chi connectivity index (χ0) is 21.8. The Morgan fingerprint density at radius 2 is 0.731 bits per heavy atom. The summed E-state index contributed by atoms with van der Waals surface area (Å²) >= 11 is -5.32. The second-order valence-electron chi connectivity index (χ2n) is 4.20. The van der Waals surface area contributed by atoms with Crippen LogP contribution >= 0.6 is 0 Å². The minimum absolute atomic E-state index is 1.83. The fourth-order valence-electron chi connectivity index (χ4n) is 1.45. The topological polar surface area (TPSA) is 46.5 Å². The molecule has 0 aromatic rings. The number of alkyl halides is 15. The average molecular weight is 450 g/mol. The third-order valence-corrected chi connectivity index (χ3v) is 2.98. The molecule has 0 aliphatic heterocycles. The first-order chi connectivity index (χ1) is 10.9. The first-order valence-corrected chi connectivity index (χ1v) is 6.09. The summed E-state index contributed by atoms with van der Waals surface area (Å²) in [7, 11) is 0. The summed E-state index contributed by atoms with van der Waals surface area (Å²) in [6.07, 6.45) is -23.8. The van der Waals surface area contributed by atoms with Gasteiger partial charge in [0.05, 0.1) is 0 Å². The maximum atomic E-state index is 13.2. The summed E-state index contributed by atoms with van der Waals surface area (Å²) in [5, 5.41) is 0. The lowest BCUT2D eigenvalue weighted by Crippen LogP contribution is -2.81. The monoisotopic (exact) mass is 450 g/mol. The van der Waals surface area contributed by atoms with Crippen molar-refractivity contribution in [3.05, 3.63) is 0 Å². The summed E-state index contributed by atoms with van der Waals surface area (Å²) in [5.41, 5.74) is -8.26. The molecule has 26 heavy (non-hydrogen) atoms. The predicted octanol–water partition coefficient (Wildman–Crippen LogP) is 4.47. The Hall–Kier alpha value is -0.980. The van der Waals surface area contributed by atoms with Crippen molar-refractivity contribution in [2.75, 3.05) is 0 Å². The van der Waals surface area contributed by atoms with Crippen molar-refractivity contribution in [2.24, 2.45) is 0 Å². The Kier molecular flexibility index (Phi) is 6.04. The quantitative estimate of drug-likeness (QED) is 0.497. The molecule has 0 radical (unpaired) electrons. The molecule has 0 spiro atoms. The van der Waals surface area contributed by atoms with Gasteiger partial charge in [-0.1, -0.05) is 0 Å². The molecule has 3 nitrogen and oxygen atoms in total. The van der Waals surface area contributed by atoms with Crippen molar-refractivity contribution in [1.29, 1.82) is 0 Å². The van der Waals surface area contributed by atoms with Gasteiger partial charge < -0.3 is 0 Å². The molecule has 0 amide bonds. The highest BCUT2D eigenvalue weighted by Gasteiger charge is 2.98. The summed E-state index contributed by atoms with van der Waals surface area (Å²) in [6, 6.07) is 0. The summed E-state index contributed by atoms with van der Waals surface area (Å²) in [4.78, 5) is 0. The zero-order valence-corrected chi connectivity index (χ0v) is 11.7. The molecule has 19 heteroatoms. The van der Waals surface area contributed by atoms with E-state index < -0.39 is 53.3 Å². The van der Waals surface area contributed by atoms with E-state index in [1.807, 2.05) is 4.18 Å². The van der Waals surface area contributed by atoms with Crippen LogP contribution in [0.3, 0.4) is 0 Å². The molecule has 0 saturated heterocycles. The molecule has 0 rings (SSSR count). The van der Waals surface area contributed by atoms with Gasteiger partial charge in [0, 0.05) is 0 Å². The fourth-order valence-corrected chi connectivity index (χ4v) is 1.98. The van der Waals surface area contributed by atoms with E-state index in [0.29, 0.717) is 0 Å². The maximum Gasteiger partial charge on any atom is 0.457 e. The van der Waals surface area contributed by atoms with Crippen LogP contribution in [0.25, 0.3) is 0 Å². The summed E-state index contributed by atoms with van der Waals surface area (Å²) in [6.45, 7) is 0. The van der Waals surface area contributed by atoms with Crippen LogP contribution in [0.4, 0.5) is 65.9 Å². The molecule has 0 bridgehead atoms. The Bertz CT molecular complexity index is 478. The van der Waals surface area contributed by atoms with E-state index in [1.165, 1.54) is 0 Å². The number of hydrogen-bond donors (Lipinski definition) is 1. The maximum absolute atomic E-state index is 13.2. The van der Waals surface area contributed by atoms with Gasteiger partial charge in [-0.25, -0.2) is 4.18 Å². The Morgan fingerprint density at radius 1 is 0.538 bits per heavy atom. The molecule has 0 heterocycles. The first-order valence-electron chi connectivity index (χ1n) is 5.05.